The second kappa shape index (κ2) is 12.9. The van der Waals surface area contributed by atoms with Gasteiger partial charge in [-0.05, 0) is 51.9 Å². The second-order valence-corrected chi connectivity index (χ2v) is 16.3. The van der Waals surface area contributed by atoms with Gasteiger partial charge in [-0.2, -0.15) is 0 Å². The molecule has 14 rings (SSSR count). The van der Waals surface area contributed by atoms with E-state index in [9.17, 15) is 0 Å². The molecule has 0 radical (unpaired) electrons. The van der Waals surface area contributed by atoms with Crippen molar-refractivity contribution >= 4 is 98.0 Å². The van der Waals surface area contributed by atoms with Crippen LogP contribution in [0.2, 0.25) is 0 Å². The molecule has 63 heavy (non-hydrogen) atoms. The smallest absolute Gasteiger partial charge is 0.167 e. The highest BCUT2D eigenvalue weighted by atomic mass is 16.3. The highest BCUT2D eigenvalue weighted by Gasteiger charge is 2.24. The Balaban J connectivity index is 1.05. The lowest BCUT2D eigenvalue weighted by molar-refractivity contribution is 0.669. The molecule has 0 unspecified atom stereocenters. The van der Waals surface area contributed by atoms with Crippen molar-refractivity contribution in [2.75, 3.05) is 0 Å². The Kier molecular flexibility index (Phi) is 7.02. The van der Waals surface area contributed by atoms with Crippen molar-refractivity contribution in [1.82, 2.24) is 19.5 Å². The van der Waals surface area contributed by atoms with Gasteiger partial charge in [-0.3, -0.25) is 0 Å². The fourth-order valence-corrected chi connectivity index (χ4v) is 9.97. The molecule has 0 saturated heterocycles. The van der Waals surface area contributed by atoms with Gasteiger partial charge >= 0.3 is 0 Å². The number of aromatic nitrogens is 4. The van der Waals surface area contributed by atoms with E-state index in [0.717, 1.165) is 77.0 Å². The third kappa shape index (κ3) is 4.97. The summed E-state index contributed by atoms with van der Waals surface area (Å²) in [5.74, 6) is 1.60. The van der Waals surface area contributed by atoms with Crippen LogP contribution in [0.15, 0.2) is 203 Å². The lowest BCUT2D eigenvalue weighted by atomic mass is 10.0. The first-order valence-electron chi connectivity index (χ1n) is 21.2. The molecule has 292 valence electrons. The van der Waals surface area contributed by atoms with E-state index < -0.39 is 0 Å². The molecule has 6 nitrogen and oxygen atoms in total. The van der Waals surface area contributed by atoms with Crippen LogP contribution < -0.4 is 0 Å². The number of furan rings is 2. The predicted molar refractivity (Wildman–Crippen MR) is 258 cm³/mol. The summed E-state index contributed by atoms with van der Waals surface area (Å²) in [6, 6.07) is 68.0. The van der Waals surface area contributed by atoms with E-state index in [4.69, 9.17) is 23.8 Å². The molecule has 6 heteroatoms. The minimum Gasteiger partial charge on any atom is -0.455 e. The van der Waals surface area contributed by atoms with Gasteiger partial charge in [0.15, 0.2) is 17.5 Å². The molecule has 0 bridgehead atoms. The number of para-hydroxylation sites is 3. The molecule has 0 spiro atoms. The van der Waals surface area contributed by atoms with Crippen LogP contribution in [0.25, 0.3) is 138 Å². The number of hydrogen-bond donors (Lipinski definition) is 0. The van der Waals surface area contributed by atoms with Crippen molar-refractivity contribution in [1.29, 1.82) is 0 Å². The lowest BCUT2D eigenvalue weighted by Crippen LogP contribution is -2.00. The van der Waals surface area contributed by atoms with E-state index in [-0.39, 0.29) is 0 Å². The van der Waals surface area contributed by atoms with Gasteiger partial charge in [0.25, 0.3) is 0 Å². The lowest BCUT2D eigenvalue weighted by Gasteiger charge is -2.14. The van der Waals surface area contributed by atoms with E-state index in [0.29, 0.717) is 23.1 Å². The Labute approximate surface area is 358 Å². The summed E-state index contributed by atoms with van der Waals surface area (Å²) in [4.78, 5) is 15.5. The summed E-state index contributed by atoms with van der Waals surface area (Å²) < 4.78 is 16.1. The zero-order valence-corrected chi connectivity index (χ0v) is 33.6. The third-order valence-corrected chi connectivity index (χ3v) is 12.8. The van der Waals surface area contributed by atoms with Crippen LogP contribution in [-0.4, -0.2) is 19.5 Å². The number of rotatable bonds is 4. The highest BCUT2D eigenvalue weighted by Crippen LogP contribution is 2.45. The zero-order chi connectivity index (χ0) is 41.2. The van der Waals surface area contributed by atoms with E-state index >= 15 is 0 Å². The van der Waals surface area contributed by atoms with Gasteiger partial charge in [0, 0.05) is 54.7 Å². The second-order valence-electron chi connectivity index (χ2n) is 16.3. The van der Waals surface area contributed by atoms with Gasteiger partial charge in [-0.1, -0.05) is 158 Å². The molecular weight excluding hydrogens is 773 g/mol. The van der Waals surface area contributed by atoms with Crippen molar-refractivity contribution in [3.05, 3.63) is 194 Å². The minimum absolute atomic E-state index is 0.516. The summed E-state index contributed by atoms with van der Waals surface area (Å²) in [7, 11) is 0. The monoisotopic (exact) mass is 804 g/mol. The van der Waals surface area contributed by atoms with Gasteiger partial charge in [0.2, 0.25) is 0 Å². The van der Waals surface area contributed by atoms with Gasteiger partial charge in [0.05, 0.1) is 27.8 Å². The van der Waals surface area contributed by atoms with Crippen LogP contribution in [0, 0.1) is 0 Å². The van der Waals surface area contributed by atoms with Gasteiger partial charge in [0.1, 0.15) is 22.3 Å². The number of fused-ring (bicyclic) bond motifs is 14. The first-order valence-corrected chi connectivity index (χ1v) is 21.2. The van der Waals surface area contributed by atoms with E-state index in [1.807, 2.05) is 66.7 Å². The third-order valence-electron chi connectivity index (χ3n) is 12.8. The Morgan fingerprint density at radius 1 is 0.349 bits per heavy atom. The fraction of sp³-hybridized carbons (Fsp3) is 0. The molecule has 0 atom stereocenters. The van der Waals surface area contributed by atoms with E-state index in [2.05, 4.69) is 132 Å². The molecule has 0 aliphatic rings. The van der Waals surface area contributed by atoms with Gasteiger partial charge in [-0.15, -0.1) is 0 Å². The summed E-state index contributed by atoms with van der Waals surface area (Å²) in [5, 5.41) is 13.6. The quantitative estimate of drug-likeness (QED) is 0.177. The number of hydrogen-bond acceptors (Lipinski definition) is 5. The van der Waals surface area contributed by atoms with Crippen LogP contribution in [0.1, 0.15) is 0 Å². The molecule has 0 fully saturated rings. The Hall–Kier alpha value is -8.61. The topological polar surface area (TPSA) is 69.9 Å². The van der Waals surface area contributed by atoms with E-state index in [1.165, 1.54) is 37.8 Å². The molecule has 0 saturated carbocycles. The molecule has 4 heterocycles. The number of benzene rings is 10. The largest absolute Gasteiger partial charge is 0.455 e. The Bertz CT molecular complexity index is 4220. The van der Waals surface area contributed by atoms with Gasteiger partial charge < -0.3 is 13.4 Å². The van der Waals surface area contributed by atoms with Crippen LogP contribution in [0.4, 0.5) is 0 Å². The van der Waals surface area contributed by atoms with Crippen LogP contribution >= 0.6 is 0 Å². The first kappa shape index (κ1) is 34.1. The average Bonchev–Trinajstić information content (AvgIpc) is 4.03. The molecule has 10 aromatic carbocycles. The molecule has 0 N–H and O–H groups in total. The molecule has 0 aliphatic carbocycles. The van der Waals surface area contributed by atoms with Crippen LogP contribution in [-0.2, 0) is 0 Å². The molecule has 4 aromatic heterocycles. The summed E-state index contributed by atoms with van der Waals surface area (Å²) >= 11 is 0. The maximum Gasteiger partial charge on any atom is 0.167 e. The molecule has 0 amide bonds. The van der Waals surface area contributed by atoms with Gasteiger partial charge in [-0.25, -0.2) is 15.0 Å². The summed E-state index contributed by atoms with van der Waals surface area (Å²) in [5.41, 5.74) is 8.89. The predicted octanol–water partition coefficient (Wildman–Crippen LogP) is 15.2. The molecule has 0 aliphatic heterocycles. The summed E-state index contributed by atoms with van der Waals surface area (Å²) in [6.07, 6.45) is 0. The zero-order valence-electron chi connectivity index (χ0n) is 33.6. The maximum absolute atomic E-state index is 7.14. The highest BCUT2D eigenvalue weighted by molar-refractivity contribution is 6.25. The number of nitrogens with zero attached hydrogens (tertiary/aromatic N) is 4. The van der Waals surface area contributed by atoms with Crippen molar-refractivity contribution in [3.63, 3.8) is 0 Å². The Morgan fingerprint density at radius 2 is 0.937 bits per heavy atom. The normalized spacial score (nSPS) is 12.1. The fourth-order valence-electron chi connectivity index (χ4n) is 9.97. The van der Waals surface area contributed by atoms with E-state index in [1.54, 1.807) is 0 Å². The minimum atomic E-state index is 0.516. The summed E-state index contributed by atoms with van der Waals surface area (Å²) in [6.45, 7) is 0. The van der Waals surface area contributed by atoms with Crippen molar-refractivity contribution in [2.45, 2.75) is 0 Å². The van der Waals surface area contributed by atoms with Crippen molar-refractivity contribution < 1.29 is 8.83 Å². The van der Waals surface area contributed by atoms with Crippen LogP contribution in [0.5, 0.6) is 0 Å². The maximum atomic E-state index is 7.14. The first-order chi connectivity index (χ1) is 31.2. The van der Waals surface area contributed by atoms with Crippen molar-refractivity contribution in [2.24, 2.45) is 0 Å². The SMILES string of the molecule is c1ccc(-c2nc(-c3cccc4c3oc3ccccc34)nc(-c3cccc4c3oc3cc(-n5c6cc7ccccc7cc6c6ccc7ccccc7c65)c5ccccc5c34)n2)cc1. The average molecular weight is 805 g/mol. The Morgan fingerprint density at radius 3 is 1.73 bits per heavy atom. The van der Waals surface area contributed by atoms with Crippen LogP contribution in [0.3, 0.4) is 0 Å². The molecule has 14 aromatic rings. The van der Waals surface area contributed by atoms with Crippen molar-refractivity contribution in [3.8, 4) is 39.9 Å². The standard InChI is InChI=1S/C57H32N4O2/c1-2-15-34(16-3-1)55-58-56(44-25-12-23-42-39-21-10-11-27-49(39)62-53(42)44)60-57(59-55)45-26-13-24-43-51-40-22-9-8-20-38(40)48(32-50(51)63-54(43)45)61-47-31-36-18-5-4-17-35(36)30-46(47)41-29-28-33-14-6-7-19-37(33)52(41)61/h1-32H. The molecular formula is C57H32N4O2.